The van der Waals surface area contributed by atoms with E-state index >= 15 is 0 Å². The SMILES string of the molecule is CC1CCC(CNC2NC(OCC(F)(F)F)NC(N3CCN(CCC4CCCCN4)CC3)N2)O1. The zero-order chi connectivity index (χ0) is 24.0. The maximum atomic E-state index is 12.7. The van der Waals surface area contributed by atoms with Gasteiger partial charge in [-0.25, -0.2) is 0 Å². The molecule has 0 amide bonds. The predicted molar refractivity (Wildman–Crippen MR) is 123 cm³/mol. The van der Waals surface area contributed by atoms with Gasteiger partial charge >= 0.3 is 6.18 Å². The lowest BCUT2D eigenvalue weighted by atomic mass is 10.0. The topological polar surface area (TPSA) is 85.1 Å². The van der Waals surface area contributed by atoms with Crippen molar-refractivity contribution in [2.24, 2.45) is 0 Å². The normalized spacial score (nSPS) is 36.7. The summed E-state index contributed by atoms with van der Waals surface area (Å²) in [7, 11) is 0. The summed E-state index contributed by atoms with van der Waals surface area (Å²) >= 11 is 0. The average Bonchev–Trinajstić information content (AvgIpc) is 3.26. The molecule has 6 atom stereocenters. The molecule has 0 aliphatic carbocycles. The molecule has 0 aromatic carbocycles. The van der Waals surface area contributed by atoms with Crippen molar-refractivity contribution in [2.45, 2.75) is 88.8 Å². The van der Waals surface area contributed by atoms with Crippen LogP contribution in [0.5, 0.6) is 0 Å². The third kappa shape index (κ3) is 8.52. The highest BCUT2D eigenvalue weighted by molar-refractivity contribution is 4.84. The molecule has 4 fully saturated rings. The van der Waals surface area contributed by atoms with Gasteiger partial charge in [0, 0.05) is 38.8 Å². The highest BCUT2D eigenvalue weighted by Gasteiger charge is 2.36. The standard InChI is InChI=1S/C22H42F3N7O2/c1-16-5-6-18(34-16)14-27-19-28-20(30-21(29-19)33-15-22(23,24)25)32-12-10-31(11-13-32)9-7-17-4-2-3-8-26-17/h16-21,26-30H,2-15H2,1H3. The molecule has 6 unspecified atom stereocenters. The van der Waals surface area contributed by atoms with Crippen LogP contribution in [0.1, 0.15) is 45.4 Å². The fourth-order valence-corrected chi connectivity index (χ4v) is 5.24. The van der Waals surface area contributed by atoms with Gasteiger partial charge in [0.2, 0.25) is 0 Å². The van der Waals surface area contributed by atoms with Gasteiger partial charge in [0.25, 0.3) is 0 Å². The summed E-state index contributed by atoms with van der Waals surface area (Å²) in [5.41, 5.74) is 0. The third-order valence-corrected chi connectivity index (χ3v) is 7.21. The first-order valence-corrected chi connectivity index (χ1v) is 12.9. The Morgan fingerprint density at radius 3 is 2.53 bits per heavy atom. The minimum Gasteiger partial charge on any atom is -0.374 e. The Labute approximate surface area is 200 Å². The second-order valence-electron chi connectivity index (χ2n) is 10.0. The van der Waals surface area contributed by atoms with E-state index in [9.17, 15) is 13.2 Å². The summed E-state index contributed by atoms with van der Waals surface area (Å²) in [4.78, 5) is 4.72. The fourth-order valence-electron chi connectivity index (χ4n) is 5.24. The molecule has 4 saturated heterocycles. The van der Waals surface area contributed by atoms with Crippen molar-refractivity contribution in [3.8, 4) is 0 Å². The molecule has 9 nitrogen and oxygen atoms in total. The van der Waals surface area contributed by atoms with Crippen molar-refractivity contribution >= 4 is 0 Å². The van der Waals surface area contributed by atoms with E-state index in [1.54, 1.807) is 0 Å². The van der Waals surface area contributed by atoms with Gasteiger partial charge in [-0.3, -0.25) is 26.2 Å². The van der Waals surface area contributed by atoms with Gasteiger partial charge in [-0.1, -0.05) is 6.42 Å². The van der Waals surface area contributed by atoms with Crippen LogP contribution in [-0.2, 0) is 9.47 Å². The van der Waals surface area contributed by atoms with Crippen LogP contribution in [0.15, 0.2) is 0 Å². The van der Waals surface area contributed by atoms with E-state index in [-0.39, 0.29) is 24.8 Å². The van der Waals surface area contributed by atoms with Crippen LogP contribution in [0.3, 0.4) is 0 Å². The summed E-state index contributed by atoms with van der Waals surface area (Å²) in [6, 6.07) is 0.629. The maximum absolute atomic E-state index is 12.7. The lowest BCUT2D eigenvalue weighted by Gasteiger charge is -2.46. The number of rotatable bonds is 9. The molecule has 0 spiro atoms. The lowest BCUT2D eigenvalue weighted by molar-refractivity contribution is -0.202. The zero-order valence-corrected chi connectivity index (χ0v) is 20.2. The van der Waals surface area contributed by atoms with Crippen molar-refractivity contribution in [3.05, 3.63) is 0 Å². The van der Waals surface area contributed by atoms with E-state index in [0.29, 0.717) is 12.6 Å². The Morgan fingerprint density at radius 2 is 1.85 bits per heavy atom. The highest BCUT2D eigenvalue weighted by Crippen LogP contribution is 2.19. The van der Waals surface area contributed by atoms with E-state index in [1.165, 1.54) is 25.7 Å². The average molecular weight is 494 g/mol. The van der Waals surface area contributed by atoms with Gasteiger partial charge in [-0.15, -0.1) is 0 Å². The molecule has 4 rings (SSSR count). The second kappa shape index (κ2) is 12.6. The zero-order valence-electron chi connectivity index (χ0n) is 20.2. The van der Waals surface area contributed by atoms with E-state index in [0.717, 1.165) is 52.1 Å². The smallest absolute Gasteiger partial charge is 0.374 e. The molecule has 0 aromatic heterocycles. The summed E-state index contributed by atoms with van der Waals surface area (Å²) in [5.74, 6) is 0. The monoisotopic (exact) mass is 493 g/mol. The van der Waals surface area contributed by atoms with Crippen molar-refractivity contribution in [2.75, 3.05) is 52.4 Å². The summed E-state index contributed by atoms with van der Waals surface area (Å²) in [6.07, 6.45) is 1.44. The Bertz CT molecular complexity index is 604. The Kier molecular flexibility index (Phi) is 9.82. The van der Waals surface area contributed by atoms with Crippen LogP contribution in [0.4, 0.5) is 13.2 Å². The number of piperidine rings is 1. The largest absolute Gasteiger partial charge is 0.411 e. The van der Waals surface area contributed by atoms with Crippen LogP contribution in [0, 0.1) is 0 Å². The van der Waals surface area contributed by atoms with Crippen LogP contribution in [0.25, 0.3) is 0 Å². The van der Waals surface area contributed by atoms with E-state index in [4.69, 9.17) is 9.47 Å². The number of nitrogens with zero attached hydrogens (tertiary/aromatic N) is 2. The van der Waals surface area contributed by atoms with Gasteiger partial charge < -0.3 is 19.7 Å². The number of hydrogen-bond donors (Lipinski definition) is 5. The second-order valence-corrected chi connectivity index (χ2v) is 10.0. The molecule has 0 radical (unpaired) electrons. The highest BCUT2D eigenvalue weighted by atomic mass is 19.4. The molecule has 4 aliphatic rings. The Balaban J connectivity index is 1.24. The molecule has 0 aromatic rings. The molecular weight excluding hydrogens is 451 g/mol. The summed E-state index contributed by atoms with van der Waals surface area (Å²) < 4.78 is 49.2. The van der Waals surface area contributed by atoms with Crippen LogP contribution in [0.2, 0.25) is 0 Å². The molecule has 5 N–H and O–H groups in total. The van der Waals surface area contributed by atoms with Gasteiger partial charge in [0.1, 0.15) is 19.2 Å². The number of nitrogens with one attached hydrogen (secondary N) is 5. The predicted octanol–water partition coefficient (Wildman–Crippen LogP) is 0.505. The first-order chi connectivity index (χ1) is 16.3. The molecule has 0 saturated carbocycles. The first kappa shape index (κ1) is 26.5. The summed E-state index contributed by atoms with van der Waals surface area (Å²) in [5, 5.41) is 16.6. The minimum atomic E-state index is -4.38. The number of ether oxygens (including phenoxy) is 2. The van der Waals surface area contributed by atoms with E-state index in [2.05, 4.69) is 43.3 Å². The maximum Gasteiger partial charge on any atom is 0.411 e. The quantitative estimate of drug-likeness (QED) is 0.315. The van der Waals surface area contributed by atoms with Crippen LogP contribution >= 0.6 is 0 Å². The molecule has 12 heteroatoms. The van der Waals surface area contributed by atoms with Crippen LogP contribution in [-0.4, -0.2) is 106 Å². The van der Waals surface area contributed by atoms with Gasteiger partial charge in [0.05, 0.1) is 12.2 Å². The number of alkyl halides is 3. The van der Waals surface area contributed by atoms with Gasteiger partial charge in [-0.2, -0.15) is 13.2 Å². The first-order valence-electron chi connectivity index (χ1n) is 12.9. The van der Waals surface area contributed by atoms with Crippen molar-refractivity contribution in [1.29, 1.82) is 0 Å². The Hall–Kier alpha value is -0.570. The Morgan fingerprint density at radius 1 is 1.03 bits per heavy atom. The van der Waals surface area contributed by atoms with Gasteiger partial charge in [0.15, 0.2) is 6.35 Å². The lowest BCUT2D eigenvalue weighted by Crippen LogP contribution is -2.76. The van der Waals surface area contributed by atoms with Gasteiger partial charge in [-0.05, 0) is 52.1 Å². The minimum absolute atomic E-state index is 0.115. The number of halogens is 3. The fraction of sp³-hybridized carbons (Fsp3) is 1.00. The molecule has 0 bridgehead atoms. The third-order valence-electron chi connectivity index (χ3n) is 7.21. The number of piperazine rings is 1. The van der Waals surface area contributed by atoms with Crippen molar-refractivity contribution in [3.63, 3.8) is 0 Å². The molecule has 198 valence electrons. The van der Waals surface area contributed by atoms with Crippen molar-refractivity contribution in [1.82, 2.24) is 36.4 Å². The molecule has 34 heavy (non-hydrogen) atoms. The molecule has 4 aliphatic heterocycles. The van der Waals surface area contributed by atoms with Crippen molar-refractivity contribution < 1.29 is 22.6 Å². The number of hydrogen-bond acceptors (Lipinski definition) is 9. The van der Waals surface area contributed by atoms with Crippen LogP contribution < -0.4 is 26.6 Å². The van der Waals surface area contributed by atoms with E-state index in [1.807, 2.05) is 0 Å². The molecule has 4 heterocycles. The van der Waals surface area contributed by atoms with E-state index < -0.39 is 19.1 Å². The molecular formula is C22H42F3N7O2. The summed E-state index contributed by atoms with van der Waals surface area (Å²) in [6.45, 7) is 7.16.